The summed E-state index contributed by atoms with van der Waals surface area (Å²) in [5.41, 5.74) is -0.322. The molecular formula is C9H18N2O2. The van der Waals surface area contributed by atoms with Crippen LogP contribution in [-0.4, -0.2) is 29.8 Å². The maximum Gasteiger partial charge on any atom is 0.315 e. The van der Waals surface area contributed by atoms with E-state index in [1.54, 1.807) is 0 Å². The standard InChI is InChI=1S/C9H18N2O2/c1-2-6-10-8(13)11-9(7-12)4-3-5-9/h12H,2-7H2,1H3,(H2,10,11,13). The lowest BCUT2D eigenvalue weighted by molar-refractivity contribution is 0.0959. The minimum Gasteiger partial charge on any atom is -0.394 e. The molecule has 0 spiro atoms. The average molecular weight is 186 g/mol. The molecule has 1 fully saturated rings. The zero-order valence-corrected chi connectivity index (χ0v) is 8.10. The van der Waals surface area contributed by atoms with Crippen LogP contribution in [0.5, 0.6) is 0 Å². The third-order valence-corrected chi connectivity index (χ3v) is 2.53. The monoisotopic (exact) mass is 186 g/mol. The molecule has 0 heterocycles. The van der Waals surface area contributed by atoms with Gasteiger partial charge in [0.15, 0.2) is 0 Å². The first-order valence-corrected chi connectivity index (χ1v) is 4.89. The van der Waals surface area contributed by atoms with Crippen molar-refractivity contribution in [1.82, 2.24) is 10.6 Å². The van der Waals surface area contributed by atoms with E-state index in [1.807, 2.05) is 6.92 Å². The van der Waals surface area contributed by atoms with E-state index in [9.17, 15) is 4.79 Å². The molecule has 0 aromatic carbocycles. The van der Waals surface area contributed by atoms with Gasteiger partial charge in [-0.3, -0.25) is 0 Å². The SMILES string of the molecule is CCCNC(=O)NC1(CO)CCC1. The van der Waals surface area contributed by atoms with Gasteiger partial charge in [-0.2, -0.15) is 0 Å². The fourth-order valence-corrected chi connectivity index (χ4v) is 1.45. The summed E-state index contributed by atoms with van der Waals surface area (Å²) in [4.78, 5) is 11.2. The van der Waals surface area contributed by atoms with E-state index in [0.717, 1.165) is 25.7 Å². The Morgan fingerprint density at radius 3 is 2.62 bits per heavy atom. The molecule has 0 unspecified atom stereocenters. The van der Waals surface area contributed by atoms with Gasteiger partial charge in [0.05, 0.1) is 12.1 Å². The molecular weight excluding hydrogens is 168 g/mol. The number of carbonyl (C=O) groups excluding carboxylic acids is 1. The Bertz CT molecular complexity index is 173. The van der Waals surface area contributed by atoms with Crippen molar-refractivity contribution in [3.05, 3.63) is 0 Å². The topological polar surface area (TPSA) is 61.4 Å². The Hall–Kier alpha value is -0.770. The van der Waals surface area contributed by atoms with Gasteiger partial charge in [0.25, 0.3) is 0 Å². The minimum atomic E-state index is -0.322. The van der Waals surface area contributed by atoms with Crippen molar-refractivity contribution < 1.29 is 9.90 Å². The molecule has 0 aromatic rings. The van der Waals surface area contributed by atoms with Crippen LogP contribution in [0.3, 0.4) is 0 Å². The first kappa shape index (κ1) is 10.3. The third kappa shape index (κ3) is 2.59. The van der Waals surface area contributed by atoms with Crippen molar-refractivity contribution in [2.45, 2.75) is 38.1 Å². The molecule has 1 aliphatic carbocycles. The van der Waals surface area contributed by atoms with Gasteiger partial charge < -0.3 is 15.7 Å². The number of aliphatic hydroxyl groups excluding tert-OH is 1. The summed E-state index contributed by atoms with van der Waals surface area (Å²) >= 11 is 0. The van der Waals surface area contributed by atoms with E-state index in [2.05, 4.69) is 10.6 Å². The molecule has 13 heavy (non-hydrogen) atoms. The Kier molecular flexibility index (Phi) is 3.54. The van der Waals surface area contributed by atoms with Crippen LogP contribution < -0.4 is 10.6 Å². The van der Waals surface area contributed by atoms with E-state index in [4.69, 9.17) is 5.11 Å². The van der Waals surface area contributed by atoms with Crippen LogP contribution in [0.1, 0.15) is 32.6 Å². The smallest absolute Gasteiger partial charge is 0.315 e. The summed E-state index contributed by atoms with van der Waals surface area (Å²) in [6, 6.07) is -0.157. The first-order valence-electron chi connectivity index (χ1n) is 4.89. The Morgan fingerprint density at radius 1 is 1.54 bits per heavy atom. The summed E-state index contributed by atoms with van der Waals surface area (Å²) in [5.74, 6) is 0. The lowest BCUT2D eigenvalue weighted by atomic mass is 9.77. The van der Waals surface area contributed by atoms with E-state index in [0.29, 0.717) is 6.54 Å². The highest BCUT2D eigenvalue weighted by Gasteiger charge is 2.37. The van der Waals surface area contributed by atoms with Crippen molar-refractivity contribution in [2.75, 3.05) is 13.2 Å². The maximum absolute atomic E-state index is 11.2. The van der Waals surface area contributed by atoms with Gasteiger partial charge in [-0.25, -0.2) is 4.79 Å². The fourth-order valence-electron chi connectivity index (χ4n) is 1.45. The molecule has 1 rings (SSSR count). The van der Waals surface area contributed by atoms with Crippen molar-refractivity contribution in [3.63, 3.8) is 0 Å². The van der Waals surface area contributed by atoms with Crippen LogP contribution in [0.15, 0.2) is 0 Å². The quantitative estimate of drug-likeness (QED) is 0.602. The number of amides is 2. The van der Waals surface area contributed by atoms with Gasteiger partial charge in [0.1, 0.15) is 0 Å². The van der Waals surface area contributed by atoms with Crippen LogP contribution in [0, 0.1) is 0 Å². The number of rotatable bonds is 4. The van der Waals surface area contributed by atoms with Gasteiger partial charge in [-0.15, -0.1) is 0 Å². The number of nitrogens with one attached hydrogen (secondary N) is 2. The van der Waals surface area contributed by atoms with Gasteiger partial charge >= 0.3 is 6.03 Å². The van der Waals surface area contributed by atoms with Crippen LogP contribution in [0.25, 0.3) is 0 Å². The highest BCUT2D eigenvalue weighted by molar-refractivity contribution is 5.74. The molecule has 0 bridgehead atoms. The van der Waals surface area contributed by atoms with Crippen molar-refractivity contribution in [1.29, 1.82) is 0 Å². The van der Waals surface area contributed by atoms with Crippen LogP contribution in [0.4, 0.5) is 4.79 Å². The van der Waals surface area contributed by atoms with Crippen molar-refractivity contribution >= 4 is 6.03 Å². The largest absolute Gasteiger partial charge is 0.394 e. The number of hydrogen-bond donors (Lipinski definition) is 3. The van der Waals surface area contributed by atoms with Gasteiger partial charge in [-0.1, -0.05) is 6.92 Å². The van der Waals surface area contributed by atoms with Crippen LogP contribution in [0.2, 0.25) is 0 Å². The Labute approximate surface area is 78.7 Å². The van der Waals surface area contributed by atoms with E-state index >= 15 is 0 Å². The second-order valence-electron chi connectivity index (χ2n) is 3.67. The maximum atomic E-state index is 11.2. The second-order valence-corrected chi connectivity index (χ2v) is 3.67. The third-order valence-electron chi connectivity index (χ3n) is 2.53. The number of urea groups is 1. The molecule has 76 valence electrons. The average Bonchev–Trinajstić information content (AvgIpc) is 2.08. The van der Waals surface area contributed by atoms with Gasteiger partial charge in [0, 0.05) is 6.54 Å². The first-order chi connectivity index (χ1) is 6.22. The summed E-state index contributed by atoms with van der Waals surface area (Å²) in [6.45, 7) is 2.74. The molecule has 2 amide bonds. The molecule has 4 nitrogen and oxygen atoms in total. The lowest BCUT2D eigenvalue weighted by Gasteiger charge is -2.40. The zero-order chi connectivity index (χ0) is 9.73. The van der Waals surface area contributed by atoms with Gasteiger partial charge in [0.2, 0.25) is 0 Å². The van der Waals surface area contributed by atoms with E-state index < -0.39 is 0 Å². The zero-order valence-electron chi connectivity index (χ0n) is 8.10. The number of carbonyl (C=O) groups is 1. The summed E-state index contributed by atoms with van der Waals surface area (Å²) in [6.07, 6.45) is 3.81. The molecule has 1 aliphatic rings. The van der Waals surface area contributed by atoms with Crippen molar-refractivity contribution in [2.24, 2.45) is 0 Å². The fraction of sp³-hybridized carbons (Fsp3) is 0.889. The molecule has 0 atom stereocenters. The van der Waals surface area contributed by atoms with Crippen LogP contribution in [-0.2, 0) is 0 Å². The summed E-state index contributed by atoms with van der Waals surface area (Å²) < 4.78 is 0. The summed E-state index contributed by atoms with van der Waals surface area (Å²) in [7, 11) is 0. The number of hydrogen-bond acceptors (Lipinski definition) is 2. The van der Waals surface area contributed by atoms with E-state index in [-0.39, 0.29) is 18.2 Å². The molecule has 3 N–H and O–H groups in total. The summed E-state index contributed by atoms with van der Waals surface area (Å²) in [5, 5.41) is 14.6. The molecule has 1 saturated carbocycles. The van der Waals surface area contributed by atoms with Crippen LogP contribution >= 0.6 is 0 Å². The minimum absolute atomic E-state index is 0.0482. The van der Waals surface area contributed by atoms with Gasteiger partial charge in [-0.05, 0) is 25.7 Å². The molecule has 0 aromatic heterocycles. The predicted octanol–water partition coefficient (Wildman–Crippen LogP) is 0.611. The highest BCUT2D eigenvalue weighted by Crippen LogP contribution is 2.30. The number of aliphatic hydroxyl groups is 1. The van der Waals surface area contributed by atoms with E-state index in [1.165, 1.54) is 0 Å². The Morgan fingerprint density at radius 2 is 2.23 bits per heavy atom. The lowest BCUT2D eigenvalue weighted by Crippen LogP contribution is -2.58. The predicted molar refractivity (Wildman–Crippen MR) is 50.5 cm³/mol. The molecule has 0 radical (unpaired) electrons. The van der Waals surface area contributed by atoms with Crippen molar-refractivity contribution in [3.8, 4) is 0 Å². The second kappa shape index (κ2) is 4.46. The molecule has 4 heteroatoms. The normalized spacial score (nSPS) is 18.9. The molecule has 0 saturated heterocycles. The molecule has 0 aliphatic heterocycles. The Balaban J connectivity index is 2.25. The highest BCUT2D eigenvalue weighted by atomic mass is 16.3.